The first kappa shape index (κ1) is 13.4. The van der Waals surface area contributed by atoms with Crippen molar-refractivity contribution in [2.45, 2.75) is 20.0 Å². The molecule has 0 amide bonds. The minimum atomic E-state index is 0.790. The first-order valence-corrected chi connectivity index (χ1v) is 7.15. The van der Waals surface area contributed by atoms with E-state index in [1.165, 1.54) is 16.7 Å². The van der Waals surface area contributed by atoms with Gasteiger partial charge in [0.2, 0.25) is 0 Å². The van der Waals surface area contributed by atoms with E-state index < -0.39 is 0 Å². The predicted octanol–water partition coefficient (Wildman–Crippen LogP) is 3.85. The largest absolute Gasteiger partial charge is 0.381 e. The quantitative estimate of drug-likeness (QED) is 0.767. The summed E-state index contributed by atoms with van der Waals surface area (Å²) < 4.78 is 1.97. The summed E-state index contributed by atoms with van der Waals surface area (Å²) in [5.74, 6) is 0. The molecule has 0 radical (unpaired) electrons. The van der Waals surface area contributed by atoms with Gasteiger partial charge in [-0.15, -0.1) is 0 Å². The van der Waals surface area contributed by atoms with Crippen molar-refractivity contribution in [3.8, 4) is 0 Å². The fourth-order valence-electron chi connectivity index (χ4n) is 2.31. The molecule has 0 atom stereocenters. The predicted molar refractivity (Wildman–Crippen MR) is 86.3 cm³/mol. The Morgan fingerprint density at radius 1 is 1.00 bits per heavy atom. The number of nitrogens with one attached hydrogen (secondary N) is 1. The molecule has 0 aliphatic rings. The zero-order valence-corrected chi connectivity index (χ0v) is 12.2. The van der Waals surface area contributed by atoms with Gasteiger partial charge >= 0.3 is 0 Å². The van der Waals surface area contributed by atoms with E-state index >= 15 is 0 Å². The topological polar surface area (TPSA) is 29.9 Å². The van der Waals surface area contributed by atoms with Crippen LogP contribution in [0.25, 0.3) is 0 Å². The molecule has 0 aliphatic carbocycles. The van der Waals surface area contributed by atoms with E-state index in [1.54, 1.807) is 0 Å². The summed E-state index contributed by atoms with van der Waals surface area (Å²) >= 11 is 0. The van der Waals surface area contributed by atoms with Gasteiger partial charge in [-0.05, 0) is 30.2 Å². The maximum absolute atomic E-state index is 4.42. The maximum Gasteiger partial charge on any atom is 0.0659 e. The van der Waals surface area contributed by atoms with E-state index in [9.17, 15) is 0 Å². The van der Waals surface area contributed by atoms with Crippen LogP contribution in [0.15, 0.2) is 67.0 Å². The van der Waals surface area contributed by atoms with Crippen LogP contribution < -0.4 is 5.32 Å². The lowest BCUT2D eigenvalue weighted by Gasteiger charge is -2.05. The van der Waals surface area contributed by atoms with Gasteiger partial charge in [-0.1, -0.05) is 42.5 Å². The highest BCUT2D eigenvalue weighted by molar-refractivity contribution is 5.45. The number of hydrogen-bond acceptors (Lipinski definition) is 2. The SMILES string of the molecule is Cc1cccc(NCc2cnn(Cc3ccccc3)c2)c1. The van der Waals surface area contributed by atoms with Crippen molar-refractivity contribution in [1.29, 1.82) is 0 Å². The van der Waals surface area contributed by atoms with Gasteiger partial charge in [-0.3, -0.25) is 4.68 Å². The Balaban J connectivity index is 1.60. The Hall–Kier alpha value is -2.55. The minimum Gasteiger partial charge on any atom is -0.381 e. The van der Waals surface area contributed by atoms with Crippen LogP contribution in [0.1, 0.15) is 16.7 Å². The molecule has 0 aliphatic heterocycles. The van der Waals surface area contributed by atoms with Crippen LogP contribution in [-0.2, 0) is 13.1 Å². The van der Waals surface area contributed by atoms with Crippen LogP contribution in [0, 0.1) is 6.92 Å². The molecule has 0 unspecified atom stereocenters. The Morgan fingerprint density at radius 2 is 1.86 bits per heavy atom. The molecule has 1 N–H and O–H groups in total. The van der Waals surface area contributed by atoms with Crippen molar-refractivity contribution < 1.29 is 0 Å². The van der Waals surface area contributed by atoms with Crippen molar-refractivity contribution in [2.24, 2.45) is 0 Å². The van der Waals surface area contributed by atoms with E-state index in [-0.39, 0.29) is 0 Å². The number of hydrogen-bond donors (Lipinski definition) is 1. The summed E-state index contributed by atoms with van der Waals surface area (Å²) in [6.07, 6.45) is 4.02. The summed E-state index contributed by atoms with van der Waals surface area (Å²) in [7, 11) is 0. The molecule has 3 rings (SSSR count). The number of aromatic nitrogens is 2. The Labute approximate surface area is 125 Å². The number of rotatable bonds is 5. The molecule has 3 nitrogen and oxygen atoms in total. The number of anilines is 1. The van der Waals surface area contributed by atoms with Crippen LogP contribution in [-0.4, -0.2) is 9.78 Å². The van der Waals surface area contributed by atoms with Crippen LogP contribution in [0.5, 0.6) is 0 Å². The fourth-order valence-corrected chi connectivity index (χ4v) is 2.31. The van der Waals surface area contributed by atoms with Gasteiger partial charge in [0.1, 0.15) is 0 Å². The molecule has 1 aromatic heterocycles. The molecule has 0 saturated carbocycles. The van der Waals surface area contributed by atoms with E-state index in [0.717, 1.165) is 18.8 Å². The third-order valence-electron chi connectivity index (χ3n) is 3.39. The lowest BCUT2D eigenvalue weighted by molar-refractivity contribution is 0.686. The van der Waals surface area contributed by atoms with Crippen molar-refractivity contribution in [1.82, 2.24) is 9.78 Å². The molecule has 0 saturated heterocycles. The third-order valence-corrected chi connectivity index (χ3v) is 3.39. The normalized spacial score (nSPS) is 10.5. The lowest BCUT2D eigenvalue weighted by Crippen LogP contribution is -2.00. The van der Waals surface area contributed by atoms with E-state index in [2.05, 4.69) is 72.1 Å². The standard InChI is InChI=1S/C18H19N3/c1-15-6-5-9-18(10-15)19-11-17-12-20-21(14-17)13-16-7-3-2-4-8-16/h2-10,12,14,19H,11,13H2,1H3. The minimum absolute atomic E-state index is 0.790. The fraction of sp³-hybridized carbons (Fsp3) is 0.167. The maximum atomic E-state index is 4.42. The molecule has 0 bridgehead atoms. The Kier molecular flexibility index (Phi) is 4.01. The Morgan fingerprint density at radius 3 is 2.67 bits per heavy atom. The van der Waals surface area contributed by atoms with Crippen molar-refractivity contribution in [2.75, 3.05) is 5.32 Å². The monoisotopic (exact) mass is 277 g/mol. The van der Waals surface area contributed by atoms with Crippen molar-refractivity contribution in [3.05, 3.63) is 83.7 Å². The average Bonchev–Trinajstić information content (AvgIpc) is 2.94. The summed E-state index contributed by atoms with van der Waals surface area (Å²) in [6.45, 7) is 3.70. The molecule has 0 spiro atoms. The second-order valence-electron chi connectivity index (χ2n) is 5.25. The highest BCUT2D eigenvalue weighted by atomic mass is 15.3. The van der Waals surface area contributed by atoms with Gasteiger partial charge in [0.05, 0.1) is 12.7 Å². The number of benzene rings is 2. The van der Waals surface area contributed by atoms with E-state index in [1.807, 2.05) is 16.9 Å². The summed E-state index contributed by atoms with van der Waals surface area (Å²) in [5, 5.41) is 7.84. The second kappa shape index (κ2) is 6.27. The summed E-state index contributed by atoms with van der Waals surface area (Å²) in [6, 6.07) is 18.8. The molecular weight excluding hydrogens is 258 g/mol. The van der Waals surface area contributed by atoms with Crippen LogP contribution in [0.4, 0.5) is 5.69 Å². The number of nitrogens with zero attached hydrogens (tertiary/aromatic N) is 2. The summed E-state index contributed by atoms with van der Waals surface area (Å²) in [4.78, 5) is 0. The molecule has 106 valence electrons. The van der Waals surface area contributed by atoms with Crippen LogP contribution >= 0.6 is 0 Å². The first-order chi connectivity index (χ1) is 10.3. The zero-order valence-electron chi connectivity index (χ0n) is 12.2. The van der Waals surface area contributed by atoms with Gasteiger partial charge in [-0.25, -0.2) is 0 Å². The van der Waals surface area contributed by atoms with Gasteiger partial charge in [0.15, 0.2) is 0 Å². The van der Waals surface area contributed by atoms with Crippen LogP contribution in [0.3, 0.4) is 0 Å². The highest BCUT2D eigenvalue weighted by Crippen LogP contribution is 2.11. The molecular formula is C18H19N3. The average molecular weight is 277 g/mol. The van der Waals surface area contributed by atoms with Gasteiger partial charge < -0.3 is 5.32 Å². The molecule has 0 fully saturated rings. The molecule has 2 aromatic carbocycles. The zero-order chi connectivity index (χ0) is 14.5. The molecule has 21 heavy (non-hydrogen) atoms. The smallest absolute Gasteiger partial charge is 0.0659 e. The third kappa shape index (κ3) is 3.72. The second-order valence-corrected chi connectivity index (χ2v) is 5.25. The van der Waals surface area contributed by atoms with Crippen molar-refractivity contribution in [3.63, 3.8) is 0 Å². The molecule has 3 heteroatoms. The van der Waals surface area contributed by atoms with Gasteiger partial charge in [0, 0.05) is 24.0 Å². The highest BCUT2D eigenvalue weighted by Gasteiger charge is 2.00. The molecule has 1 heterocycles. The summed E-state index contributed by atoms with van der Waals surface area (Å²) in [5.41, 5.74) is 4.86. The Bertz CT molecular complexity index is 701. The molecule has 3 aromatic rings. The number of aryl methyl sites for hydroxylation is 1. The van der Waals surface area contributed by atoms with Crippen molar-refractivity contribution >= 4 is 5.69 Å². The van der Waals surface area contributed by atoms with Gasteiger partial charge in [-0.2, -0.15) is 5.10 Å². The van der Waals surface area contributed by atoms with E-state index in [4.69, 9.17) is 0 Å². The van der Waals surface area contributed by atoms with Gasteiger partial charge in [0.25, 0.3) is 0 Å². The van der Waals surface area contributed by atoms with Crippen LogP contribution in [0.2, 0.25) is 0 Å². The lowest BCUT2D eigenvalue weighted by atomic mass is 10.2. The van der Waals surface area contributed by atoms with E-state index in [0.29, 0.717) is 0 Å². The first-order valence-electron chi connectivity index (χ1n) is 7.15.